The molecule has 1 aromatic carbocycles. The Morgan fingerprint density at radius 1 is 1.12 bits per heavy atom. The van der Waals surface area contributed by atoms with E-state index in [-0.39, 0.29) is 11.7 Å². The zero-order valence-corrected chi connectivity index (χ0v) is 18.4. The number of hydrogen-bond donors (Lipinski definition) is 2. The number of amides is 1. The van der Waals surface area contributed by atoms with Crippen LogP contribution in [0.3, 0.4) is 0 Å². The third-order valence-electron chi connectivity index (χ3n) is 6.32. The molecule has 10 heteroatoms. The second kappa shape index (κ2) is 7.68. The molecule has 2 aromatic heterocycles. The van der Waals surface area contributed by atoms with E-state index in [1.165, 1.54) is 19.5 Å². The summed E-state index contributed by atoms with van der Waals surface area (Å²) in [6.07, 6.45) is 7.37. The molecule has 172 valence electrons. The Labute approximate surface area is 195 Å². The summed E-state index contributed by atoms with van der Waals surface area (Å²) in [5, 5.41) is 2.88. The quantitative estimate of drug-likeness (QED) is 0.609. The maximum Gasteiger partial charge on any atom is 0.283 e. The van der Waals surface area contributed by atoms with Crippen molar-refractivity contribution < 1.29 is 19.0 Å². The molecule has 0 saturated heterocycles. The predicted molar refractivity (Wildman–Crippen MR) is 122 cm³/mol. The molecule has 1 atom stereocenters. The van der Waals surface area contributed by atoms with Gasteiger partial charge >= 0.3 is 0 Å². The number of pyridine rings is 1. The summed E-state index contributed by atoms with van der Waals surface area (Å²) >= 11 is 0. The number of nitrogens with two attached hydrogens (primary N) is 1. The number of ether oxygens (including phenoxy) is 3. The molecule has 1 aliphatic carbocycles. The van der Waals surface area contributed by atoms with Crippen molar-refractivity contribution in [3.63, 3.8) is 0 Å². The van der Waals surface area contributed by atoms with Crippen LogP contribution in [0.25, 0.3) is 0 Å². The van der Waals surface area contributed by atoms with Gasteiger partial charge in [-0.05, 0) is 37.1 Å². The van der Waals surface area contributed by atoms with Crippen molar-refractivity contribution in [3.8, 4) is 17.4 Å². The van der Waals surface area contributed by atoms with E-state index in [0.717, 1.165) is 29.7 Å². The van der Waals surface area contributed by atoms with Crippen LogP contribution in [0.1, 0.15) is 52.5 Å². The molecule has 2 aliphatic heterocycles. The van der Waals surface area contributed by atoms with E-state index in [2.05, 4.69) is 26.3 Å². The van der Waals surface area contributed by atoms with E-state index in [1.54, 1.807) is 12.3 Å². The monoisotopic (exact) mass is 458 g/mol. The molecule has 6 rings (SSSR count). The highest BCUT2D eigenvalue weighted by atomic mass is 16.5. The SMILES string of the molecule is COc1cnc(C(=O)Nc2ccc3c(c2)C2(CCOC(N)=N2)c2cc(C4CC4)ncc2O3)cn1. The number of aliphatic imine (C=N–C) groups is 1. The lowest BCUT2D eigenvalue weighted by Gasteiger charge is -2.39. The van der Waals surface area contributed by atoms with Crippen molar-refractivity contribution in [2.45, 2.75) is 30.7 Å². The van der Waals surface area contributed by atoms with E-state index in [0.29, 0.717) is 42.0 Å². The Morgan fingerprint density at radius 3 is 2.71 bits per heavy atom. The van der Waals surface area contributed by atoms with Gasteiger partial charge in [0.1, 0.15) is 17.0 Å². The van der Waals surface area contributed by atoms with Crippen LogP contribution in [0, 0.1) is 0 Å². The van der Waals surface area contributed by atoms with Gasteiger partial charge in [0, 0.05) is 34.8 Å². The average Bonchev–Trinajstić information content (AvgIpc) is 3.70. The maximum atomic E-state index is 12.8. The molecule has 3 aromatic rings. The lowest BCUT2D eigenvalue weighted by Crippen LogP contribution is -2.38. The molecule has 3 aliphatic rings. The molecule has 3 N–H and O–H groups in total. The van der Waals surface area contributed by atoms with Gasteiger partial charge in [-0.3, -0.25) is 9.78 Å². The van der Waals surface area contributed by atoms with Gasteiger partial charge in [0.25, 0.3) is 11.9 Å². The van der Waals surface area contributed by atoms with Crippen molar-refractivity contribution in [1.82, 2.24) is 15.0 Å². The number of nitrogens with one attached hydrogen (secondary N) is 1. The number of carbonyl (C=O) groups is 1. The smallest absolute Gasteiger partial charge is 0.283 e. The first kappa shape index (κ1) is 20.4. The molecule has 1 unspecified atom stereocenters. The Hall–Kier alpha value is -4.21. The third-order valence-corrected chi connectivity index (χ3v) is 6.32. The standard InChI is InChI=1S/C24H22N6O4/c1-32-21-12-27-18(10-28-21)22(31)29-14-4-5-19-15(8-14)24(6-7-33-23(25)30-24)16-9-17(13-2-3-13)26-11-20(16)34-19/h4-5,8-13H,2-3,6-7H2,1H3,(H2,25,30)(H,29,31). The fraction of sp³-hybridized carbons (Fsp3) is 0.292. The topological polar surface area (TPSA) is 134 Å². The zero-order valence-electron chi connectivity index (χ0n) is 18.4. The van der Waals surface area contributed by atoms with Crippen LogP contribution in [0.15, 0.2) is 47.8 Å². The van der Waals surface area contributed by atoms with E-state index in [9.17, 15) is 4.79 Å². The summed E-state index contributed by atoms with van der Waals surface area (Å²) in [6, 6.07) is 7.65. The summed E-state index contributed by atoms with van der Waals surface area (Å²) in [5.41, 5.74) is 8.76. The molecule has 34 heavy (non-hydrogen) atoms. The second-order valence-electron chi connectivity index (χ2n) is 8.50. The van der Waals surface area contributed by atoms with Crippen LogP contribution in [-0.4, -0.2) is 40.6 Å². The van der Waals surface area contributed by atoms with E-state index in [4.69, 9.17) is 24.9 Å². The van der Waals surface area contributed by atoms with Gasteiger partial charge in [0.2, 0.25) is 5.88 Å². The van der Waals surface area contributed by atoms with E-state index < -0.39 is 11.4 Å². The minimum atomic E-state index is -0.793. The van der Waals surface area contributed by atoms with Gasteiger partial charge in [0.15, 0.2) is 5.75 Å². The number of methoxy groups -OCH3 is 1. The first-order valence-electron chi connectivity index (χ1n) is 11.0. The lowest BCUT2D eigenvalue weighted by molar-refractivity contribution is 0.102. The Balaban J connectivity index is 1.40. The summed E-state index contributed by atoms with van der Waals surface area (Å²) in [7, 11) is 1.49. The highest BCUT2D eigenvalue weighted by Gasteiger charge is 2.45. The van der Waals surface area contributed by atoms with E-state index in [1.807, 2.05) is 12.1 Å². The molecule has 4 heterocycles. The summed E-state index contributed by atoms with van der Waals surface area (Å²) in [6.45, 7) is 0.410. The Bertz CT molecular complexity index is 1320. The van der Waals surface area contributed by atoms with Crippen LogP contribution < -0.4 is 20.5 Å². The predicted octanol–water partition coefficient (Wildman–Crippen LogP) is 3.09. The van der Waals surface area contributed by atoms with Gasteiger partial charge < -0.3 is 25.3 Å². The van der Waals surface area contributed by atoms with E-state index >= 15 is 0 Å². The summed E-state index contributed by atoms with van der Waals surface area (Å²) < 4.78 is 16.7. The number of hydrogen-bond acceptors (Lipinski definition) is 9. The summed E-state index contributed by atoms with van der Waals surface area (Å²) in [5.74, 6) is 1.70. The van der Waals surface area contributed by atoms with Gasteiger partial charge in [-0.15, -0.1) is 0 Å². The second-order valence-corrected chi connectivity index (χ2v) is 8.50. The van der Waals surface area contributed by atoms with Crippen molar-refractivity contribution in [3.05, 3.63) is 65.4 Å². The highest BCUT2D eigenvalue weighted by molar-refractivity contribution is 6.02. The fourth-order valence-corrected chi connectivity index (χ4v) is 4.45. The molecule has 1 fully saturated rings. The Kier molecular flexibility index (Phi) is 4.61. The van der Waals surface area contributed by atoms with Crippen molar-refractivity contribution in [2.75, 3.05) is 19.0 Å². The molecule has 0 radical (unpaired) electrons. The van der Waals surface area contributed by atoms with Crippen LogP contribution in [0.5, 0.6) is 17.4 Å². The largest absolute Gasteiger partial charge is 0.480 e. The minimum Gasteiger partial charge on any atom is -0.480 e. The minimum absolute atomic E-state index is 0.123. The van der Waals surface area contributed by atoms with Crippen molar-refractivity contribution in [2.24, 2.45) is 10.7 Å². The summed E-state index contributed by atoms with van der Waals surface area (Å²) in [4.78, 5) is 30.3. The number of anilines is 1. The van der Waals surface area contributed by atoms with Crippen molar-refractivity contribution >= 4 is 17.6 Å². The molecule has 1 spiro atoms. The van der Waals surface area contributed by atoms with Gasteiger partial charge in [-0.2, -0.15) is 0 Å². The molecule has 1 saturated carbocycles. The van der Waals surface area contributed by atoms with Crippen LogP contribution in [0.2, 0.25) is 0 Å². The molecule has 1 amide bonds. The van der Waals surface area contributed by atoms with Crippen molar-refractivity contribution in [1.29, 1.82) is 0 Å². The van der Waals surface area contributed by atoms with Crippen LogP contribution in [-0.2, 0) is 10.3 Å². The van der Waals surface area contributed by atoms with Gasteiger partial charge in [-0.25, -0.2) is 15.0 Å². The van der Waals surface area contributed by atoms with Gasteiger partial charge in [0.05, 0.1) is 32.3 Å². The highest BCUT2D eigenvalue weighted by Crippen LogP contribution is 2.53. The van der Waals surface area contributed by atoms with Gasteiger partial charge in [-0.1, -0.05) is 0 Å². The molecular formula is C24H22N6O4. The normalized spacial score (nSPS) is 20.3. The number of rotatable bonds is 4. The molecular weight excluding hydrogens is 436 g/mol. The number of amidine groups is 1. The third kappa shape index (κ3) is 3.38. The van der Waals surface area contributed by atoms with Crippen LogP contribution >= 0.6 is 0 Å². The molecule has 0 bridgehead atoms. The average molecular weight is 458 g/mol. The van der Waals surface area contributed by atoms with Crippen LogP contribution in [0.4, 0.5) is 5.69 Å². The maximum absolute atomic E-state index is 12.8. The zero-order chi connectivity index (χ0) is 23.3. The number of nitrogens with zero attached hydrogens (tertiary/aromatic N) is 4. The number of carbonyl (C=O) groups excluding carboxylic acids is 1. The number of benzene rings is 1. The first-order chi connectivity index (χ1) is 16.6. The Morgan fingerprint density at radius 2 is 1.97 bits per heavy atom. The fourth-order valence-electron chi connectivity index (χ4n) is 4.45. The first-order valence-corrected chi connectivity index (χ1v) is 11.0. The lowest BCUT2D eigenvalue weighted by atomic mass is 9.77. The molecule has 10 nitrogen and oxygen atoms in total. The number of fused-ring (bicyclic) bond motifs is 4. The number of aromatic nitrogens is 3.